The number of nitrogens with zero attached hydrogens (tertiary/aromatic N) is 1. The van der Waals surface area contributed by atoms with Gasteiger partial charge in [0.1, 0.15) is 6.54 Å². The molecule has 0 N–H and O–H groups in total. The van der Waals surface area contributed by atoms with E-state index < -0.39 is 12.1 Å². The van der Waals surface area contributed by atoms with Crippen molar-refractivity contribution in [3.05, 3.63) is 0 Å². The Morgan fingerprint density at radius 3 is 1.90 bits per heavy atom. The third kappa shape index (κ3) is 11.5. The molecule has 0 spiro atoms. The van der Waals surface area contributed by atoms with Crippen molar-refractivity contribution in [1.29, 1.82) is 0 Å². The molecule has 0 saturated heterocycles. The fraction of sp³-hybridized carbons (Fsp3) is 0.867. The fourth-order valence-corrected chi connectivity index (χ4v) is 2.28. The van der Waals surface area contributed by atoms with E-state index in [1.165, 1.54) is 0 Å². The van der Waals surface area contributed by atoms with Crippen LogP contribution in [-0.2, 0) is 14.3 Å². The van der Waals surface area contributed by atoms with Crippen LogP contribution in [0.5, 0.6) is 0 Å². The molecular formula is C15H30ClNO4. The Kier molecular flexibility index (Phi) is 11.6. The van der Waals surface area contributed by atoms with E-state index in [4.69, 9.17) is 4.74 Å². The Bertz CT molecular complexity index is 309. The predicted molar refractivity (Wildman–Crippen MR) is 83.0 cm³/mol. The number of halogens is 1. The van der Waals surface area contributed by atoms with Crippen molar-refractivity contribution in [3.63, 3.8) is 0 Å². The summed E-state index contributed by atoms with van der Waals surface area (Å²) in [5, 5.41) is 10.8. The maximum absolute atomic E-state index is 12.2. The van der Waals surface area contributed by atoms with Crippen LogP contribution in [0.4, 0.5) is 0 Å². The van der Waals surface area contributed by atoms with Crippen molar-refractivity contribution in [3.8, 4) is 0 Å². The van der Waals surface area contributed by atoms with Crippen molar-refractivity contribution in [2.75, 3.05) is 27.7 Å². The first-order chi connectivity index (χ1) is 9.19. The van der Waals surface area contributed by atoms with Gasteiger partial charge in [-0.3, -0.25) is 4.79 Å². The van der Waals surface area contributed by atoms with E-state index in [2.05, 4.69) is 0 Å². The number of hydrogen-bond donors (Lipinski definition) is 0. The second kappa shape index (κ2) is 10.9. The lowest BCUT2D eigenvalue weighted by Gasteiger charge is -2.30. The van der Waals surface area contributed by atoms with E-state index >= 15 is 0 Å². The second-order valence-electron chi connectivity index (χ2n) is 6.38. The molecule has 0 aliphatic carbocycles. The molecule has 0 aromatic carbocycles. The quantitative estimate of drug-likeness (QED) is 0.450. The van der Waals surface area contributed by atoms with Crippen LogP contribution < -0.4 is 5.11 Å². The maximum atomic E-state index is 12.2. The van der Waals surface area contributed by atoms with Gasteiger partial charge in [0.05, 0.1) is 27.1 Å². The first-order valence-corrected chi connectivity index (χ1v) is 7.40. The van der Waals surface area contributed by atoms with Gasteiger partial charge in [-0.1, -0.05) is 26.7 Å². The molecule has 0 heterocycles. The molecule has 0 aromatic rings. The minimum Gasteiger partial charge on any atom is -0.550 e. The molecule has 1 unspecified atom stereocenters. The highest BCUT2D eigenvalue weighted by Gasteiger charge is 2.26. The summed E-state index contributed by atoms with van der Waals surface area (Å²) in [5.41, 5.74) is 0. The number of carboxylic acid groups (broad SMARTS) is 1. The van der Waals surface area contributed by atoms with Crippen molar-refractivity contribution >= 4 is 24.3 Å². The van der Waals surface area contributed by atoms with Crippen LogP contribution in [0.25, 0.3) is 0 Å². The molecule has 5 nitrogen and oxygen atoms in total. The maximum Gasteiger partial charge on any atom is 0.309 e. The van der Waals surface area contributed by atoms with Gasteiger partial charge < -0.3 is 19.1 Å². The number of ether oxygens (including phenoxy) is 1. The lowest BCUT2D eigenvalue weighted by atomic mass is 9.98. The van der Waals surface area contributed by atoms with Crippen molar-refractivity contribution < 1.29 is 23.9 Å². The molecule has 0 aliphatic heterocycles. The Morgan fingerprint density at radius 1 is 1.10 bits per heavy atom. The highest BCUT2D eigenvalue weighted by Crippen LogP contribution is 2.17. The van der Waals surface area contributed by atoms with Crippen molar-refractivity contribution in [2.24, 2.45) is 5.92 Å². The lowest BCUT2D eigenvalue weighted by Crippen LogP contribution is -2.45. The van der Waals surface area contributed by atoms with Gasteiger partial charge >= 0.3 is 5.97 Å². The van der Waals surface area contributed by atoms with Crippen LogP contribution in [-0.4, -0.2) is 50.2 Å². The summed E-state index contributed by atoms with van der Waals surface area (Å²) in [4.78, 5) is 22.9. The van der Waals surface area contributed by atoms with Crippen LogP contribution in [0, 0.1) is 5.92 Å². The Hall–Kier alpha value is -0.810. The van der Waals surface area contributed by atoms with Crippen LogP contribution in [0.3, 0.4) is 0 Å². The molecule has 126 valence electrons. The lowest BCUT2D eigenvalue weighted by molar-refractivity contribution is -0.873. The number of carbonyl (C=O) groups is 2. The zero-order chi connectivity index (χ0) is 15.8. The molecule has 0 radical (unpaired) electrons. The highest BCUT2D eigenvalue weighted by atomic mass is 35.5. The number of rotatable bonds is 10. The Labute approximate surface area is 134 Å². The largest absolute Gasteiger partial charge is 0.550 e. The van der Waals surface area contributed by atoms with Gasteiger partial charge in [0.2, 0.25) is 0 Å². The van der Waals surface area contributed by atoms with Crippen LogP contribution in [0.15, 0.2) is 0 Å². The molecule has 21 heavy (non-hydrogen) atoms. The molecule has 6 heteroatoms. The van der Waals surface area contributed by atoms with E-state index in [9.17, 15) is 14.7 Å². The fourth-order valence-electron chi connectivity index (χ4n) is 2.28. The third-order valence-electron chi connectivity index (χ3n) is 3.04. The smallest absolute Gasteiger partial charge is 0.309 e. The number of likely N-dealkylation sites (N-methyl/N-ethyl adjacent to an activating group) is 1. The average molecular weight is 324 g/mol. The molecule has 0 fully saturated rings. The summed E-state index contributed by atoms with van der Waals surface area (Å²) in [5.74, 6) is -1.58. The van der Waals surface area contributed by atoms with E-state index in [0.717, 1.165) is 25.7 Å². The summed E-state index contributed by atoms with van der Waals surface area (Å²) in [6, 6.07) is 0. The van der Waals surface area contributed by atoms with E-state index in [-0.39, 0.29) is 30.7 Å². The number of carbonyl (C=O) groups excluding carboxylic acids is 2. The molecule has 0 bridgehead atoms. The number of hydrogen-bond acceptors (Lipinski definition) is 4. The third-order valence-corrected chi connectivity index (χ3v) is 3.04. The zero-order valence-corrected chi connectivity index (χ0v) is 14.7. The second-order valence-corrected chi connectivity index (χ2v) is 6.38. The zero-order valence-electron chi connectivity index (χ0n) is 13.9. The van der Waals surface area contributed by atoms with Gasteiger partial charge in [-0.25, -0.2) is 0 Å². The number of carboxylic acids is 1. The van der Waals surface area contributed by atoms with E-state index in [1.807, 2.05) is 35.0 Å². The summed E-state index contributed by atoms with van der Waals surface area (Å²) in [6.07, 6.45) is 2.54. The van der Waals surface area contributed by atoms with Gasteiger partial charge in [0.15, 0.2) is 6.10 Å². The van der Waals surface area contributed by atoms with Crippen molar-refractivity contribution in [1.82, 2.24) is 0 Å². The van der Waals surface area contributed by atoms with Gasteiger partial charge in [-0.05, 0) is 12.8 Å². The van der Waals surface area contributed by atoms with Gasteiger partial charge in [-0.2, -0.15) is 0 Å². The summed E-state index contributed by atoms with van der Waals surface area (Å²) >= 11 is 0. The van der Waals surface area contributed by atoms with Crippen LogP contribution >= 0.6 is 12.4 Å². The minimum atomic E-state index is -1.18. The summed E-state index contributed by atoms with van der Waals surface area (Å²) < 4.78 is 5.97. The molecule has 0 rings (SSSR count). The van der Waals surface area contributed by atoms with E-state index in [0.29, 0.717) is 11.0 Å². The first-order valence-electron chi connectivity index (χ1n) is 7.40. The SMILES string of the molecule is CCCC(CCC)C(=O)OC(CC(=O)[O-])C[N+](C)(C)C.Cl. The first kappa shape index (κ1) is 22.5. The topological polar surface area (TPSA) is 66.4 Å². The summed E-state index contributed by atoms with van der Waals surface area (Å²) in [6.45, 7) is 4.52. The van der Waals surface area contributed by atoms with Crippen LogP contribution in [0.2, 0.25) is 0 Å². The monoisotopic (exact) mass is 323 g/mol. The number of quaternary nitrogens is 1. The molecule has 0 aromatic heterocycles. The molecule has 0 amide bonds. The Morgan fingerprint density at radius 2 is 1.57 bits per heavy atom. The molecular weight excluding hydrogens is 294 g/mol. The number of aliphatic carboxylic acids is 1. The van der Waals surface area contributed by atoms with Crippen molar-refractivity contribution in [2.45, 2.75) is 52.1 Å². The highest BCUT2D eigenvalue weighted by molar-refractivity contribution is 5.85. The molecule has 1 atom stereocenters. The Balaban J connectivity index is 0. The molecule has 0 aliphatic rings. The standard InChI is InChI=1S/C15H29NO4.ClH/c1-6-8-12(9-7-2)15(19)20-13(10-14(17)18)11-16(3,4)5;/h12-13H,6-11H2,1-5H3;1H. The van der Waals surface area contributed by atoms with Gasteiger partial charge in [0.25, 0.3) is 0 Å². The van der Waals surface area contributed by atoms with Crippen LogP contribution in [0.1, 0.15) is 46.0 Å². The average Bonchev–Trinajstić information content (AvgIpc) is 2.25. The minimum absolute atomic E-state index is 0. The molecule has 0 saturated carbocycles. The normalized spacial score (nSPS) is 12.7. The van der Waals surface area contributed by atoms with Gasteiger partial charge in [-0.15, -0.1) is 12.4 Å². The van der Waals surface area contributed by atoms with E-state index in [1.54, 1.807) is 0 Å². The van der Waals surface area contributed by atoms with Gasteiger partial charge in [0, 0.05) is 12.4 Å². The summed E-state index contributed by atoms with van der Waals surface area (Å²) in [7, 11) is 5.81. The number of esters is 1. The predicted octanol–water partition coefficient (Wildman–Crippen LogP) is 1.38.